The zero-order valence-corrected chi connectivity index (χ0v) is 25.2. The molecule has 0 aromatic heterocycles. The van der Waals surface area contributed by atoms with E-state index in [-0.39, 0.29) is 23.1 Å². The summed E-state index contributed by atoms with van der Waals surface area (Å²) in [6.45, 7) is 1.59. The van der Waals surface area contributed by atoms with Crippen LogP contribution in [-0.4, -0.2) is 6.36 Å². The van der Waals surface area contributed by atoms with Gasteiger partial charge in [-0.1, -0.05) is 12.2 Å². The van der Waals surface area contributed by atoms with Crippen molar-refractivity contribution in [3.63, 3.8) is 0 Å². The predicted octanol–water partition coefficient (Wildman–Crippen LogP) is 12.2. The average molecular weight is 758 g/mol. The smallest absolute Gasteiger partial charge is 0.429 e. The van der Waals surface area contributed by atoms with Crippen LogP contribution in [0.4, 0.5) is 70.2 Å². The van der Waals surface area contributed by atoms with Crippen LogP contribution in [0.2, 0.25) is 0 Å². The number of benzene rings is 5. The maximum Gasteiger partial charge on any atom is 0.527 e. The quantitative estimate of drug-likeness (QED) is 0.147. The summed E-state index contributed by atoms with van der Waals surface area (Å²) in [5, 5.41) is -0.993. The molecule has 0 bridgehead atoms. The Labute approximate surface area is 280 Å². The van der Waals surface area contributed by atoms with E-state index in [4.69, 9.17) is 0 Å². The third-order valence-corrected chi connectivity index (χ3v) is 7.21. The van der Waals surface area contributed by atoms with Crippen LogP contribution in [0.15, 0.2) is 60.7 Å². The second kappa shape index (κ2) is 13.4. The molecule has 0 radical (unpaired) electrons. The Bertz CT molecular complexity index is 2190. The number of fused-ring (bicyclic) bond motifs is 1. The van der Waals surface area contributed by atoms with Crippen LogP contribution in [0.25, 0.3) is 39.1 Å². The van der Waals surface area contributed by atoms with Crippen molar-refractivity contribution in [1.29, 1.82) is 0 Å². The molecule has 0 unspecified atom stereocenters. The molecule has 0 heterocycles. The van der Waals surface area contributed by atoms with Crippen molar-refractivity contribution in [1.82, 2.24) is 0 Å². The molecule has 0 aliphatic heterocycles. The van der Waals surface area contributed by atoms with E-state index in [9.17, 15) is 52.7 Å². The second-order valence-electron chi connectivity index (χ2n) is 10.7. The Balaban J connectivity index is 1.50. The molecule has 2 nitrogen and oxygen atoms in total. The van der Waals surface area contributed by atoms with E-state index in [2.05, 4.69) is 9.47 Å². The number of hydrogen-bond acceptors (Lipinski definition) is 2. The highest BCUT2D eigenvalue weighted by Crippen LogP contribution is 2.43. The Morgan fingerprint density at radius 2 is 0.962 bits per heavy atom. The summed E-state index contributed by atoms with van der Waals surface area (Å²) in [6.07, 6.45) is -14.2. The fourth-order valence-corrected chi connectivity index (χ4v) is 5.26. The highest BCUT2D eigenvalue weighted by molar-refractivity contribution is 5.91. The molecule has 274 valence electrons. The van der Waals surface area contributed by atoms with Crippen molar-refractivity contribution >= 4 is 16.8 Å². The maximum atomic E-state index is 15.4. The predicted molar refractivity (Wildman–Crippen MR) is 151 cm³/mol. The minimum Gasteiger partial charge on any atom is -0.429 e. The van der Waals surface area contributed by atoms with Crippen LogP contribution in [-0.2, 0) is 17.0 Å². The largest absolute Gasteiger partial charge is 0.527 e. The standard InChI is InChI=1S/C34H14F16O2/c1-2-3-13-4-14-6-21(38)28(31(43)27(14)18(35)5-13)16-7-19(36)26(20(37)8-16)15-9-22(39)29(23(40)10-15)32(44,45)51-17-11-24(41)30(25(42)12-17)33(46,47)52-34(48,49)50/h2-12H,1H3/b3-2+. The van der Waals surface area contributed by atoms with E-state index < -0.39 is 128 Å². The first-order valence-electron chi connectivity index (χ1n) is 14.0. The zero-order chi connectivity index (χ0) is 38.7. The maximum absolute atomic E-state index is 15.4. The van der Waals surface area contributed by atoms with Crippen LogP contribution in [0.1, 0.15) is 23.6 Å². The summed E-state index contributed by atoms with van der Waals surface area (Å²) in [7, 11) is 0. The van der Waals surface area contributed by atoms with Gasteiger partial charge in [-0.15, -0.1) is 13.2 Å². The lowest BCUT2D eigenvalue weighted by Gasteiger charge is -2.22. The summed E-state index contributed by atoms with van der Waals surface area (Å²) in [5.74, 6) is -19.2. The fraction of sp³-hybridized carbons (Fsp3) is 0.118. The summed E-state index contributed by atoms with van der Waals surface area (Å²) < 4.78 is 234. The summed E-state index contributed by atoms with van der Waals surface area (Å²) in [5.41, 5.74) is -9.19. The van der Waals surface area contributed by atoms with Gasteiger partial charge in [0.05, 0.1) is 16.5 Å². The van der Waals surface area contributed by atoms with Crippen LogP contribution in [0.5, 0.6) is 5.75 Å². The lowest BCUT2D eigenvalue weighted by atomic mass is 9.94. The van der Waals surface area contributed by atoms with Gasteiger partial charge in [0.15, 0.2) is 0 Å². The summed E-state index contributed by atoms with van der Waals surface area (Å²) in [6, 6.07) is 2.34. The van der Waals surface area contributed by atoms with Gasteiger partial charge in [-0.05, 0) is 71.5 Å². The third kappa shape index (κ3) is 7.24. The summed E-state index contributed by atoms with van der Waals surface area (Å²) >= 11 is 0. The van der Waals surface area contributed by atoms with Gasteiger partial charge in [0.2, 0.25) is 0 Å². The van der Waals surface area contributed by atoms with E-state index in [1.165, 1.54) is 18.2 Å². The SMILES string of the molecule is C/C=C/c1cc(F)c2c(F)c(-c3cc(F)c(-c4cc(F)c(C(F)(F)Oc5cc(F)c(C(F)(F)OC(F)(F)F)c(F)c5)c(F)c4)c(F)c3)c(F)cc2c1. The molecule has 0 fully saturated rings. The van der Waals surface area contributed by atoms with Crippen molar-refractivity contribution in [3.8, 4) is 28.0 Å². The highest BCUT2D eigenvalue weighted by atomic mass is 19.4. The van der Waals surface area contributed by atoms with E-state index in [1.54, 1.807) is 6.92 Å². The first kappa shape index (κ1) is 38.0. The van der Waals surface area contributed by atoms with E-state index in [0.29, 0.717) is 18.2 Å². The van der Waals surface area contributed by atoms with Crippen LogP contribution in [0.3, 0.4) is 0 Å². The van der Waals surface area contributed by atoms with E-state index in [1.807, 2.05) is 0 Å². The molecule has 0 aliphatic carbocycles. The van der Waals surface area contributed by atoms with Gasteiger partial charge in [0.25, 0.3) is 0 Å². The number of hydrogen-bond donors (Lipinski definition) is 0. The zero-order valence-electron chi connectivity index (χ0n) is 25.2. The second-order valence-corrected chi connectivity index (χ2v) is 10.7. The van der Waals surface area contributed by atoms with E-state index >= 15 is 17.6 Å². The molecule has 5 aromatic rings. The minimum atomic E-state index is -6.12. The molecule has 0 N–H and O–H groups in total. The number of ether oxygens (including phenoxy) is 2. The number of rotatable bonds is 8. The Morgan fingerprint density at radius 3 is 1.48 bits per heavy atom. The molecular weight excluding hydrogens is 744 g/mol. The lowest BCUT2D eigenvalue weighted by molar-refractivity contribution is -0.432. The van der Waals surface area contributed by atoms with Crippen LogP contribution < -0.4 is 4.74 Å². The monoisotopic (exact) mass is 758 g/mol. The van der Waals surface area contributed by atoms with Gasteiger partial charge in [-0.25, -0.2) is 44.3 Å². The van der Waals surface area contributed by atoms with Gasteiger partial charge in [0.1, 0.15) is 69.2 Å². The molecule has 0 aliphatic rings. The third-order valence-electron chi connectivity index (χ3n) is 7.21. The van der Waals surface area contributed by atoms with Gasteiger partial charge in [-0.2, -0.15) is 17.6 Å². The molecule has 0 spiro atoms. The molecule has 52 heavy (non-hydrogen) atoms. The van der Waals surface area contributed by atoms with Crippen molar-refractivity contribution in [2.24, 2.45) is 0 Å². The fourth-order valence-electron chi connectivity index (χ4n) is 5.26. The van der Waals surface area contributed by atoms with Gasteiger partial charge in [-0.3, -0.25) is 0 Å². The Hall–Kier alpha value is -5.26. The Kier molecular flexibility index (Phi) is 9.77. The molecule has 0 saturated heterocycles. The number of allylic oxidation sites excluding steroid dienone is 1. The molecule has 0 saturated carbocycles. The summed E-state index contributed by atoms with van der Waals surface area (Å²) in [4.78, 5) is 0. The number of halogens is 16. The Morgan fingerprint density at radius 1 is 0.500 bits per heavy atom. The normalized spacial score (nSPS) is 12.7. The molecule has 0 atom stereocenters. The molecule has 18 heteroatoms. The molecule has 0 amide bonds. The molecule has 5 rings (SSSR count). The van der Waals surface area contributed by atoms with Crippen LogP contribution in [0, 0.1) is 52.4 Å². The number of alkyl halides is 7. The topological polar surface area (TPSA) is 18.5 Å². The first-order chi connectivity index (χ1) is 24.0. The minimum absolute atomic E-state index is 0.0644. The van der Waals surface area contributed by atoms with Crippen molar-refractivity contribution in [2.75, 3.05) is 0 Å². The molecular formula is C34H14F16O2. The van der Waals surface area contributed by atoms with Crippen molar-refractivity contribution in [3.05, 3.63) is 130 Å². The van der Waals surface area contributed by atoms with Crippen molar-refractivity contribution in [2.45, 2.75) is 25.5 Å². The van der Waals surface area contributed by atoms with E-state index in [0.717, 1.165) is 6.07 Å². The highest BCUT2D eigenvalue weighted by Gasteiger charge is 2.50. The van der Waals surface area contributed by atoms with Gasteiger partial charge in [0, 0.05) is 12.1 Å². The van der Waals surface area contributed by atoms with Crippen LogP contribution >= 0.6 is 0 Å². The molecule has 5 aromatic carbocycles. The van der Waals surface area contributed by atoms with Gasteiger partial charge >= 0.3 is 18.6 Å². The van der Waals surface area contributed by atoms with Crippen molar-refractivity contribution < 1.29 is 79.7 Å². The van der Waals surface area contributed by atoms with Gasteiger partial charge < -0.3 is 4.74 Å². The first-order valence-corrected chi connectivity index (χ1v) is 14.0. The lowest BCUT2D eigenvalue weighted by Crippen LogP contribution is -2.30. The average Bonchev–Trinajstić information content (AvgIpc) is 2.94.